The third-order valence-corrected chi connectivity index (χ3v) is 7.79. The topological polar surface area (TPSA) is 0 Å². The average Bonchev–Trinajstić information content (AvgIpc) is 2.65. The Hall–Kier alpha value is -0.660. The molecule has 2 fully saturated rings. The van der Waals surface area contributed by atoms with Crippen molar-refractivity contribution < 1.29 is 8.78 Å². The molecule has 2 unspecified atom stereocenters. The van der Waals surface area contributed by atoms with Gasteiger partial charge in [-0.15, -0.1) is 0 Å². The molecule has 3 rings (SSSR count). The van der Waals surface area contributed by atoms with Crippen LogP contribution in [0.15, 0.2) is 24.1 Å². The zero-order valence-corrected chi connectivity index (χ0v) is 16.2. The minimum absolute atomic E-state index is 0.0168. The van der Waals surface area contributed by atoms with E-state index in [1.54, 1.807) is 0 Å². The van der Waals surface area contributed by atoms with Gasteiger partial charge >= 0.3 is 0 Å². The van der Waals surface area contributed by atoms with Crippen LogP contribution >= 0.6 is 0 Å². The van der Waals surface area contributed by atoms with Crippen LogP contribution in [0, 0.1) is 23.2 Å². The first kappa shape index (κ1) is 19.1. The molecule has 0 spiro atoms. The molecule has 0 radical (unpaired) electrons. The van der Waals surface area contributed by atoms with E-state index in [9.17, 15) is 4.39 Å². The van der Waals surface area contributed by atoms with Crippen LogP contribution in [-0.4, -0.2) is 5.67 Å². The summed E-state index contributed by atoms with van der Waals surface area (Å²) in [5.74, 6) is 0.641. The minimum atomic E-state index is -1.88. The van der Waals surface area contributed by atoms with E-state index in [2.05, 4.69) is 6.92 Å². The molecule has 25 heavy (non-hydrogen) atoms. The Morgan fingerprint density at radius 2 is 1.80 bits per heavy atom. The summed E-state index contributed by atoms with van der Waals surface area (Å²) in [4.78, 5) is 0. The third-order valence-electron chi connectivity index (χ3n) is 7.79. The lowest BCUT2D eigenvalue weighted by molar-refractivity contribution is -0.0494. The first-order chi connectivity index (χ1) is 12.0. The second kappa shape index (κ2) is 7.92. The summed E-state index contributed by atoms with van der Waals surface area (Å²) in [6.07, 6.45) is 18.8. The van der Waals surface area contributed by atoms with Crippen LogP contribution in [0.25, 0.3) is 0 Å². The maximum Gasteiger partial charge on any atom is 0.182 e. The fourth-order valence-electron chi connectivity index (χ4n) is 6.26. The summed E-state index contributed by atoms with van der Waals surface area (Å²) in [5, 5.41) is 0. The van der Waals surface area contributed by atoms with E-state index < -0.39 is 11.5 Å². The van der Waals surface area contributed by atoms with Crippen molar-refractivity contribution in [3.05, 3.63) is 24.1 Å². The number of alkyl halides is 1. The van der Waals surface area contributed by atoms with Crippen LogP contribution in [0.3, 0.4) is 0 Å². The lowest BCUT2D eigenvalue weighted by atomic mass is 9.52. The molecule has 0 N–H and O–H groups in total. The van der Waals surface area contributed by atoms with Gasteiger partial charge in [-0.05, 0) is 61.5 Å². The van der Waals surface area contributed by atoms with Gasteiger partial charge < -0.3 is 0 Å². The van der Waals surface area contributed by atoms with Gasteiger partial charge in [0.25, 0.3) is 0 Å². The number of hydrogen-bond acceptors (Lipinski definition) is 0. The molecule has 2 atom stereocenters. The van der Waals surface area contributed by atoms with Crippen molar-refractivity contribution in [3.63, 3.8) is 0 Å². The molecule has 2 saturated carbocycles. The number of allylic oxidation sites excluding steroid dienone is 4. The molecule has 0 amide bonds. The van der Waals surface area contributed by atoms with Gasteiger partial charge in [0, 0.05) is 5.92 Å². The highest BCUT2D eigenvalue weighted by Gasteiger charge is 2.54. The summed E-state index contributed by atoms with van der Waals surface area (Å²) in [5.41, 5.74) is -1.90. The second-order valence-electron chi connectivity index (χ2n) is 8.98. The van der Waals surface area contributed by atoms with Crippen molar-refractivity contribution in [2.75, 3.05) is 0 Å². The normalized spacial score (nSPS) is 36.7. The van der Waals surface area contributed by atoms with E-state index in [4.69, 9.17) is 0 Å². The molecular formula is C23H36F2. The largest absolute Gasteiger partial charge is 0.231 e. The first-order valence-electron chi connectivity index (χ1n) is 10.8. The molecule has 0 aromatic heterocycles. The Balaban J connectivity index is 1.83. The molecule has 0 bridgehead atoms. The van der Waals surface area contributed by atoms with E-state index in [1.165, 1.54) is 69.9 Å². The molecule has 0 aliphatic heterocycles. The highest BCUT2D eigenvalue weighted by Crippen LogP contribution is 2.58. The Bertz CT molecular complexity index is 492. The van der Waals surface area contributed by atoms with Gasteiger partial charge in [-0.2, -0.15) is 0 Å². The maximum absolute atomic E-state index is 15.8. The van der Waals surface area contributed by atoms with Crippen LogP contribution in [0.4, 0.5) is 8.78 Å². The van der Waals surface area contributed by atoms with E-state index in [0.29, 0.717) is 12.3 Å². The van der Waals surface area contributed by atoms with Crippen LogP contribution in [0.5, 0.6) is 0 Å². The van der Waals surface area contributed by atoms with Crippen molar-refractivity contribution in [1.82, 2.24) is 0 Å². The van der Waals surface area contributed by atoms with E-state index in [0.717, 1.165) is 18.8 Å². The van der Waals surface area contributed by atoms with Crippen LogP contribution in [0.2, 0.25) is 0 Å². The van der Waals surface area contributed by atoms with Gasteiger partial charge in [-0.1, -0.05) is 64.9 Å². The Kier molecular flexibility index (Phi) is 6.06. The van der Waals surface area contributed by atoms with Gasteiger partial charge in [0.05, 0.1) is 0 Å². The Morgan fingerprint density at radius 3 is 2.40 bits per heavy atom. The van der Waals surface area contributed by atoms with Crippen molar-refractivity contribution in [1.29, 1.82) is 0 Å². The Labute approximate surface area is 153 Å². The zero-order chi connectivity index (χ0) is 17.9. The maximum atomic E-state index is 15.8. The second-order valence-corrected chi connectivity index (χ2v) is 8.98. The van der Waals surface area contributed by atoms with Crippen LogP contribution < -0.4 is 0 Å². The van der Waals surface area contributed by atoms with Gasteiger partial charge in [0.15, 0.2) is 5.67 Å². The third kappa shape index (κ3) is 3.60. The summed E-state index contributed by atoms with van der Waals surface area (Å²) in [6.45, 7) is 4.28. The molecule has 0 nitrogen and oxygen atoms in total. The summed E-state index contributed by atoms with van der Waals surface area (Å²) < 4.78 is 30.4. The molecule has 2 heteroatoms. The zero-order valence-electron chi connectivity index (χ0n) is 16.2. The minimum Gasteiger partial charge on any atom is -0.231 e. The van der Waals surface area contributed by atoms with E-state index in [1.807, 2.05) is 13.0 Å². The molecule has 3 aliphatic rings. The lowest BCUT2D eigenvalue weighted by Gasteiger charge is -2.53. The van der Waals surface area contributed by atoms with Gasteiger partial charge in [0.1, 0.15) is 5.83 Å². The summed E-state index contributed by atoms with van der Waals surface area (Å²) in [6, 6.07) is 0. The van der Waals surface area contributed by atoms with Crippen LogP contribution in [0.1, 0.15) is 90.9 Å². The SMILES string of the molecule is CCCC1CCC(C2(C(C)C3(F)C=CCC=C3F)CCCCC2)CC1. The van der Waals surface area contributed by atoms with E-state index in [-0.39, 0.29) is 11.3 Å². The quantitative estimate of drug-likeness (QED) is 0.446. The van der Waals surface area contributed by atoms with Crippen molar-refractivity contribution in [2.45, 2.75) is 96.6 Å². The van der Waals surface area contributed by atoms with Crippen LogP contribution in [-0.2, 0) is 0 Å². The number of halogens is 2. The van der Waals surface area contributed by atoms with E-state index >= 15 is 4.39 Å². The number of hydrogen-bond donors (Lipinski definition) is 0. The molecular weight excluding hydrogens is 314 g/mol. The molecule has 0 saturated heterocycles. The monoisotopic (exact) mass is 350 g/mol. The smallest absolute Gasteiger partial charge is 0.182 e. The first-order valence-corrected chi connectivity index (χ1v) is 10.8. The standard InChI is InChI=1S/C23H36F2/c1-3-9-19-11-13-20(14-12-19)22(15-6-4-7-16-22)18(2)23(25)17-8-5-10-21(23)24/h8,10,17-20H,3-7,9,11-16H2,1-2H3. The molecule has 0 aromatic carbocycles. The lowest BCUT2D eigenvalue weighted by Crippen LogP contribution is -2.49. The fourth-order valence-corrected chi connectivity index (χ4v) is 6.26. The highest BCUT2D eigenvalue weighted by atomic mass is 19.2. The predicted molar refractivity (Wildman–Crippen MR) is 102 cm³/mol. The Morgan fingerprint density at radius 1 is 1.12 bits per heavy atom. The van der Waals surface area contributed by atoms with Crippen molar-refractivity contribution in [3.8, 4) is 0 Å². The highest BCUT2D eigenvalue weighted by molar-refractivity contribution is 5.28. The van der Waals surface area contributed by atoms with Gasteiger partial charge in [-0.25, -0.2) is 8.78 Å². The molecule has 0 aromatic rings. The molecule has 142 valence electrons. The summed E-state index contributed by atoms with van der Waals surface area (Å²) in [7, 11) is 0. The summed E-state index contributed by atoms with van der Waals surface area (Å²) >= 11 is 0. The van der Waals surface area contributed by atoms with Gasteiger partial charge in [-0.3, -0.25) is 0 Å². The molecule has 0 heterocycles. The van der Waals surface area contributed by atoms with Crippen molar-refractivity contribution >= 4 is 0 Å². The average molecular weight is 351 g/mol. The molecule has 3 aliphatic carbocycles. The van der Waals surface area contributed by atoms with Crippen molar-refractivity contribution in [2.24, 2.45) is 23.2 Å². The van der Waals surface area contributed by atoms with Gasteiger partial charge in [0.2, 0.25) is 0 Å². The number of rotatable bonds is 5. The predicted octanol–water partition coefficient (Wildman–Crippen LogP) is 7.70. The fraction of sp³-hybridized carbons (Fsp3) is 0.826.